The van der Waals surface area contributed by atoms with Crippen molar-refractivity contribution in [3.8, 4) is 0 Å². The summed E-state index contributed by atoms with van der Waals surface area (Å²) in [6.07, 6.45) is 4.02. The third kappa shape index (κ3) is 2.23. The van der Waals surface area contributed by atoms with Crippen molar-refractivity contribution in [1.29, 1.82) is 0 Å². The average molecular weight is 276 g/mol. The van der Waals surface area contributed by atoms with Gasteiger partial charge in [-0.05, 0) is 19.3 Å². The summed E-state index contributed by atoms with van der Waals surface area (Å²) in [6, 6.07) is 0.352. The van der Waals surface area contributed by atoms with Crippen molar-refractivity contribution in [2.24, 2.45) is 7.05 Å². The van der Waals surface area contributed by atoms with E-state index in [0.29, 0.717) is 12.0 Å². The van der Waals surface area contributed by atoms with Gasteiger partial charge in [0.15, 0.2) is 5.65 Å². The number of carbonyl (C=O) groups is 1. The molecule has 2 aromatic heterocycles. The molecule has 7 nitrogen and oxygen atoms in total. The van der Waals surface area contributed by atoms with Crippen LogP contribution in [-0.2, 0) is 24.8 Å². The molecule has 108 valence electrons. The summed E-state index contributed by atoms with van der Waals surface area (Å²) in [5, 5.41) is 7.43. The molecule has 1 fully saturated rings. The maximum absolute atomic E-state index is 12.0. The molecule has 1 amide bonds. The van der Waals surface area contributed by atoms with Gasteiger partial charge in [-0.1, -0.05) is 13.3 Å². The third-order valence-corrected chi connectivity index (χ3v) is 3.55. The lowest BCUT2D eigenvalue weighted by Crippen LogP contribution is -2.29. The molecule has 0 bridgehead atoms. The largest absolute Gasteiger partial charge is 0.369 e. The highest BCUT2D eigenvalue weighted by atomic mass is 16.2. The molecule has 0 radical (unpaired) electrons. The van der Waals surface area contributed by atoms with Crippen LogP contribution in [0, 0.1) is 0 Å². The zero-order valence-corrected chi connectivity index (χ0v) is 11.9. The van der Waals surface area contributed by atoms with Crippen LogP contribution in [0.15, 0.2) is 0 Å². The van der Waals surface area contributed by atoms with E-state index in [9.17, 15) is 4.79 Å². The van der Waals surface area contributed by atoms with Gasteiger partial charge in [0.05, 0.1) is 5.69 Å². The monoisotopic (exact) mass is 276 g/mol. The standard InChI is InChI=1S/C13H20N6O/c1-3-4-9-11-12(18(2)17-9)19(13(14)16-11)7-10(20)15-8-5-6-8/h8H,3-7H2,1-2H3,(H2,14,16)(H,15,20). The van der Waals surface area contributed by atoms with Crippen molar-refractivity contribution < 1.29 is 4.79 Å². The zero-order chi connectivity index (χ0) is 14.3. The van der Waals surface area contributed by atoms with Gasteiger partial charge >= 0.3 is 0 Å². The van der Waals surface area contributed by atoms with Gasteiger partial charge in [0.2, 0.25) is 11.9 Å². The molecule has 0 unspecified atom stereocenters. The van der Waals surface area contributed by atoms with Crippen molar-refractivity contribution in [1.82, 2.24) is 24.6 Å². The van der Waals surface area contributed by atoms with E-state index in [4.69, 9.17) is 5.73 Å². The molecule has 20 heavy (non-hydrogen) atoms. The van der Waals surface area contributed by atoms with E-state index in [1.54, 1.807) is 9.25 Å². The van der Waals surface area contributed by atoms with E-state index in [1.165, 1.54) is 0 Å². The van der Waals surface area contributed by atoms with E-state index in [1.807, 2.05) is 7.05 Å². The van der Waals surface area contributed by atoms with Crippen molar-refractivity contribution in [2.45, 2.75) is 45.2 Å². The van der Waals surface area contributed by atoms with Crippen LogP contribution in [0.3, 0.4) is 0 Å². The quantitative estimate of drug-likeness (QED) is 0.836. The van der Waals surface area contributed by atoms with Gasteiger partial charge in [-0.3, -0.25) is 14.0 Å². The minimum Gasteiger partial charge on any atom is -0.369 e. The molecule has 3 N–H and O–H groups in total. The number of nitrogen functional groups attached to an aromatic ring is 1. The molecule has 1 aliphatic rings. The molecule has 3 rings (SSSR count). The van der Waals surface area contributed by atoms with Gasteiger partial charge in [-0.15, -0.1) is 0 Å². The van der Waals surface area contributed by atoms with Crippen molar-refractivity contribution in [2.75, 3.05) is 5.73 Å². The SMILES string of the molecule is CCCc1nn(C)c2c1nc(N)n2CC(=O)NC1CC1. The number of rotatable bonds is 5. The number of fused-ring (bicyclic) bond motifs is 1. The van der Waals surface area contributed by atoms with Gasteiger partial charge in [-0.2, -0.15) is 5.10 Å². The average Bonchev–Trinajstić information content (AvgIpc) is 3.06. The first kappa shape index (κ1) is 13.0. The Labute approximate surface area is 117 Å². The lowest BCUT2D eigenvalue weighted by Gasteiger charge is -2.07. The van der Waals surface area contributed by atoms with Crippen LogP contribution in [0.5, 0.6) is 0 Å². The van der Waals surface area contributed by atoms with Gasteiger partial charge in [-0.25, -0.2) is 4.98 Å². The van der Waals surface area contributed by atoms with Crippen LogP contribution < -0.4 is 11.1 Å². The Hall–Kier alpha value is -2.05. The maximum Gasteiger partial charge on any atom is 0.240 e. The number of nitrogens with two attached hydrogens (primary N) is 1. The van der Waals surface area contributed by atoms with E-state index in [0.717, 1.165) is 42.5 Å². The number of hydrogen-bond acceptors (Lipinski definition) is 4. The lowest BCUT2D eigenvalue weighted by atomic mass is 10.2. The fourth-order valence-electron chi connectivity index (χ4n) is 2.46. The number of carbonyl (C=O) groups excluding carboxylic acids is 1. The van der Waals surface area contributed by atoms with Gasteiger partial charge in [0, 0.05) is 13.1 Å². The van der Waals surface area contributed by atoms with Crippen LogP contribution in [0.2, 0.25) is 0 Å². The summed E-state index contributed by atoms with van der Waals surface area (Å²) < 4.78 is 3.49. The summed E-state index contributed by atoms with van der Waals surface area (Å²) in [7, 11) is 1.86. The number of imidazole rings is 1. The Balaban J connectivity index is 1.92. The Morgan fingerprint density at radius 3 is 2.90 bits per heavy atom. The highest BCUT2D eigenvalue weighted by Gasteiger charge is 2.25. The number of aromatic nitrogens is 4. The van der Waals surface area contributed by atoms with Gasteiger partial charge < -0.3 is 11.1 Å². The Morgan fingerprint density at radius 1 is 1.50 bits per heavy atom. The Kier molecular flexibility index (Phi) is 3.11. The highest BCUT2D eigenvalue weighted by Crippen LogP contribution is 2.22. The first-order chi connectivity index (χ1) is 9.60. The molecule has 2 aromatic rings. The molecule has 7 heteroatoms. The number of hydrogen-bond donors (Lipinski definition) is 2. The molecular formula is C13H20N6O. The second-order valence-corrected chi connectivity index (χ2v) is 5.39. The topological polar surface area (TPSA) is 90.8 Å². The molecule has 2 heterocycles. The van der Waals surface area contributed by atoms with E-state index in [-0.39, 0.29) is 12.5 Å². The summed E-state index contributed by atoms with van der Waals surface area (Å²) >= 11 is 0. The number of nitrogens with one attached hydrogen (secondary N) is 1. The second-order valence-electron chi connectivity index (χ2n) is 5.39. The molecule has 0 aromatic carbocycles. The van der Waals surface area contributed by atoms with Crippen molar-refractivity contribution in [3.63, 3.8) is 0 Å². The van der Waals surface area contributed by atoms with Crippen LogP contribution >= 0.6 is 0 Å². The minimum absolute atomic E-state index is 0.0169. The molecule has 1 aliphatic carbocycles. The predicted octanol–water partition coefficient (Wildman–Crippen LogP) is 0.583. The smallest absolute Gasteiger partial charge is 0.240 e. The van der Waals surface area contributed by atoms with Gasteiger partial charge in [0.25, 0.3) is 0 Å². The van der Waals surface area contributed by atoms with Crippen molar-refractivity contribution in [3.05, 3.63) is 5.69 Å². The fraction of sp³-hybridized carbons (Fsp3) is 0.615. The first-order valence-electron chi connectivity index (χ1n) is 7.07. The number of amides is 1. The number of anilines is 1. The van der Waals surface area contributed by atoms with Gasteiger partial charge in [0.1, 0.15) is 12.1 Å². The molecule has 0 spiro atoms. The number of nitrogens with zero attached hydrogens (tertiary/aromatic N) is 4. The fourth-order valence-corrected chi connectivity index (χ4v) is 2.46. The molecule has 0 saturated heterocycles. The Bertz CT molecular complexity index is 651. The molecular weight excluding hydrogens is 256 g/mol. The summed E-state index contributed by atoms with van der Waals surface area (Å²) in [5.41, 5.74) is 8.53. The lowest BCUT2D eigenvalue weighted by molar-refractivity contribution is -0.121. The highest BCUT2D eigenvalue weighted by molar-refractivity contribution is 5.82. The van der Waals surface area contributed by atoms with E-state index in [2.05, 4.69) is 22.3 Å². The van der Waals surface area contributed by atoms with Crippen molar-refractivity contribution >= 4 is 23.0 Å². The van der Waals surface area contributed by atoms with Crippen LogP contribution in [0.1, 0.15) is 31.9 Å². The minimum atomic E-state index is -0.0169. The maximum atomic E-state index is 12.0. The number of aryl methyl sites for hydroxylation is 2. The summed E-state index contributed by atoms with van der Waals surface area (Å²) in [5.74, 6) is 0.355. The summed E-state index contributed by atoms with van der Waals surface area (Å²) in [6.45, 7) is 2.30. The van der Waals surface area contributed by atoms with Crippen LogP contribution in [0.4, 0.5) is 5.95 Å². The second kappa shape index (κ2) is 4.81. The summed E-state index contributed by atoms with van der Waals surface area (Å²) in [4.78, 5) is 16.3. The van der Waals surface area contributed by atoms with Crippen LogP contribution in [0.25, 0.3) is 11.2 Å². The third-order valence-electron chi connectivity index (χ3n) is 3.55. The molecule has 0 aliphatic heterocycles. The van der Waals surface area contributed by atoms with Crippen LogP contribution in [-0.4, -0.2) is 31.3 Å². The predicted molar refractivity (Wildman–Crippen MR) is 76.1 cm³/mol. The van der Waals surface area contributed by atoms with E-state index < -0.39 is 0 Å². The van der Waals surface area contributed by atoms with E-state index >= 15 is 0 Å². The first-order valence-corrected chi connectivity index (χ1v) is 7.07. The molecule has 1 saturated carbocycles. The molecule has 0 atom stereocenters. The Morgan fingerprint density at radius 2 is 2.25 bits per heavy atom. The zero-order valence-electron chi connectivity index (χ0n) is 11.9. The normalized spacial score (nSPS) is 14.9.